The van der Waals surface area contributed by atoms with E-state index in [0.29, 0.717) is 6.04 Å². The van der Waals surface area contributed by atoms with E-state index in [0.717, 1.165) is 25.0 Å². The number of nitrogens with two attached hydrogens (primary N) is 1. The van der Waals surface area contributed by atoms with Crippen LogP contribution < -0.4 is 5.73 Å². The van der Waals surface area contributed by atoms with Crippen molar-refractivity contribution in [3.05, 3.63) is 35.9 Å². The minimum atomic E-state index is 0.303. The van der Waals surface area contributed by atoms with Crippen molar-refractivity contribution in [1.29, 1.82) is 0 Å². The Hall–Kier alpha value is -0.470. The molecule has 1 unspecified atom stereocenters. The smallest absolute Gasteiger partial charge is 0.00497 e. The second-order valence-electron chi connectivity index (χ2n) is 3.30. The predicted octanol–water partition coefficient (Wildman–Crippen LogP) is 2.27. The van der Waals surface area contributed by atoms with Gasteiger partial charge in [-0.15, -0.1) is 0 Å². The summed E-state index contributed by atoms with van der Waals surface area (Å²) in [6.07, 6.45) is 3.15. The molecule has 2 N–H and O–H groups in total. The van der Waals surface area contributed by atoms with Gasteiger partial charge in [0.05, 0.1) is 0 Å². The van der Waals surface area contributed by atoms with E-state index in [1.165, 1.54) is 5.56 Å². The largest absolute Gasteiger partial charge is 0.328 e. The Morgan fingerprint density at radius 3 is 2.46 bits per heavy atom. The molecular weight excluding hydrogens is 178 g/mol. The van der Waals surface area contributed by atoms with Crippen LogP contribution in [-0.4, -0.2) is 11.8 Å². The Morgan fingerprint density at radius 1 is 1.15 bits per heavy atom. The average molecular weight is 195 g/mol. The third kappa shape index (κ3) is 4.34. The first-order valence-corrected chi connectivity index (χ1v) is 5.36. The number of rotatable bonds is 5. The molecule has 0 fully saturated rings. The van der Waals surface area contributed by atoms with Gasteiger partial charge in [-0.2, -0.15) is 12.6 Å². The van der Waals surface area contributed by atoms with Gasteiger partial charge in [-0.3, -0.25) is 0 Å². The van der Waals surface area contributed by atoms with Crippen LogP contribution in [0.3, 0.4) is 0 Å². The maximum Gasteiger partial charge on any atom is 0.00497 e. The molecule has 0 radical (unpaired) electrons. The molecule has 0 amide bonds. The van der Waals surface area contributed by atoms with E-state index in [4.69, 9.17) is 5.73 Å². The van der Waals surface area contributed by atoms with Crippen LogP contribution in [0.1, 0.15) is 18.4 Å². The minimum absolute atomic E-state index is 0.303. The molecule has 2 heteroatoms. The van der Waals surface area contributed by atoms with E-state index in [9.17, 15) is 0 Å². The standard InChI is InChI=1S/C11H17NS/c12-11(8-9-13)7-6-10-4-2-1-3-5-10/h1-5,11,13H,6-9,12H2. The van der Waals surface area contributed by atoms with E-state index < -0.39 is 0 Å². The molecule has 0 aliphatic carbocycles. The van der Waals surface area contributed by atoms with Gasteiger partial charge >= 0.3 is 0 Å². The molecule has 0 spiro atoms. The lowest BCUT2D eigenvalue weighted by Gasteiger charge is -2.09. The molecule has 13 heavy (non-hydrogen) atoms. The third-order valence-electron chi connectivity index (χ3n) is 2.15. The molecule has 0 heterocycles. The average Bonchev–Trinajstić information content (AvgIpc) is 2.17. The van der Waals surface area contributed by atoms with Gasteiger partial charge in [0.15, 0.2) is 0 Å². The molecule has 1 rings (SSSR count). The fourth-order valence-corrected chi connectivity index (χ4v) is 1.64. The van der Waals surface area contributed by atoms with Crippen LogP contribution in [0.25, 0.3) is 0 Å². The van der Waals surface area contributed by atoms with Crippen molar-refractivity contribution in [2.24, 2.45) is 5.73 Å². The van der Waals surface area contributed by atoms with Gasteiger partial charge in [-0.05, 0) is 30.6 Å². The third-order valence-corrected chi connectivity index (χ3v) is 2.40. The molecule has 0 saturated carbocycles. The van der Waals surface area contributed by atoms with Gasteiger partial charge in [0.1, 0.15) is 0 Å². The van der Waals surface area contributed by atoms with Crippen molar-refractivity contribution < 1.29 is 0 Å². The Labute approximate surface area is 85.8 Å². The van der Waals surface area contributed by atoms with Crippen molar-refractivity contribution in [3.8, 4) is 0 Å². The van der Waals surface area contributed by atoms with Crippen LogP contribution >= 0.6 is 12.6 Å². The lowest BCUT2D eigenvalue weighted by Crippen LogP contribution is -2.21. The summed E-state index contributed by atoms with van der Waals surface area (Å²) in [5.74, 6) is 0.885. The van der Waals surface area contributed by atoms with Crippen molar-refractivity contribution in [1.82, 2.24) is 0 Å². The fourth-order valence-electron chi connectivity index (χ4n) is 1.31. The highest BCUT2D eigenvalue weighted by Gasteiger charge is 2.00. The molecule has 0 aromatic heterocycles. The summed E-state index contributed by atoms with van der Waals surface area (Å²) in [7, 11) is 0. The lowest BCUT2D eigenvalue weighted by molar-refractivity contribution is 0.601. The lowest BCUT2D eigenvalue weighted by atomic mass is 10.0. The minimum Gasteiger partial charge on any atom is -0.328 e. The van der Waals surface area contributed by atoms with E-state index in [-0.39, 0.29) is 0 Å². The number of thiol groups is 1. The van der Waals surface area contributed by atoms with Gasteiger partial charge in [0, 0.05) is 6.04 Å². The van der Waals surface area contributed by atoms with Gasteiger partial charge < -0.3 is 5.73 Å². The van der Waals surface area contributed by atoms with Gasteiger partial charge in [-0.25, -0.2) is 0 Å². The molecule has 0 aliphatic heterocycles. The molecule has 1 aromatic rings. The zero-order chi connectivity index (χ0) is 9.52. The van der Waals surface area contributed by atoms with E-state index in [1.54, 1.807) is 0 Å². The zero-order valence-electron chi connectivity index (χ0n) is 7.82. The van der Waals surface area contributed by atoms with Crippen molar-refractivity contribution in [3.63, 3.8) is 0 Å². The van der Waals surface area contributed by atoms with Crippen molar-refractivity contribution >= 4 is 12.6 Å². The number of aryl methyl sites for hydroxylation is 1. The second kappa shape index (κ2) is 6.06. The summed E-state index contributed by atoms with van der Waals surface area (Å²) in [6, 6.07) is 10.8. The molecular formula is C11H17NS. The maximum absolute atomic E-state index is 5.88. The van der Waals surface area contributed by atoms with E-state index in [1.807, 2.05) is 6.07 Å². The highest BCUT2D eigenvalue weighted by molar-refractivity contribution is 7.80. The van der Waals surface area contributed by atoms with Gasteiger partial charge in [0.2, 0.25) is 0 Å². The molecule has 1 aromatic carbocycles. The predicted molar refractivity (Wildman–Crippen MR) is 61.2 cm³/mol. The number of hydrogen-bond donors (Lipinski definition) is 2. The zero-order valence-corrected chi connectivity index (χ0v) is 8.71. The van der Waals surface area contributed by atoms with Gasteiger partial charge in [0.25, 0.3) is 0 Å². The Morgan fingerprint density at radius 2 is 1.85 bits per heavy atom. The summed E-state index contributed by atoms with van der Waals surface area (Å²) in [5.41, 5.74) is 7.26. The normalized spacial score (nSPS) is 12.8. The monoisotopic (exact) mass is 195 g/mol. The van der Waals surface area contributed by atoms with Crippen LogP contribution in [0.5, 0.6) is 0 Å². The van der Waals surface area contributed by atoms with Crippen LogP contribution in [0.2, 0.25) is 0 Å². The summed E-state index contributed by atoms with van der Waals surface area (Å²) in [4.78, 5) is 0. The molecule has 0 bridgehead atoms. The number of benzene rings is 1. The Balaban J connectivity index is 2.27. The van der Waals surface area contributed by atoms with Crippen LogP contribution in [0, 0.1) is 0 Å². The second-order valence-corrected chi connectivity index (χ2v) is 3.74. The van der Waals surface area contributed by atoms with Crippen LogP contribution in [0.4, 0.5) is 0 Å². The Kier molecular flexibility index (Phi) is 4.94. The van der Waals surface area contributed by atoms with Crippen LogP contribution in [0.15, 0.2) is 30.3 Å². The first-order chi connectivity index (χ1) is 6.33. The Bertz CT molecular complexity index is 223. The SMILES string of the molecule is NC(CCS)CCc1ccccc1. The topological polar surface area (TPSA) is 26.0 Å². The van der Waals surface area contributed by atoms with Crippen LogP contribution in [-0.2, 0) is 6.42 Å². The summed E-state index contributed by atoms with van der Waals surface area (Å²) in [6.45, 7) is 0. The fraction of sp³-hybridized carbons (Fsp3) is 0.455. The number of hydrogen-bond acceptors (Lipinski definition) is 2. The summed E-state index contributed by atoms with van der Waals surface area (Å²) < 4.78 is 0. The molecule has 72 valence electrons. The summed E-state index contributed by atoms with van der Waals surface area (Å²) >= 11 is 4.16. The van der Waals surface area contributed by atoms with E-state index in [2.05, 4.69) is 36.9 Å². The molecule has 0 aliphatic rings. The first-order valence-electron chi connectivity index (χ1n) is 4.73. The van der Waals surface area contributed by atoms with Gasteiger partial charge in [-0.1, -0.05) is 30.3 Å². The summed E-state index contributed by atoms with van der Waals surface area (Å²) in [5, 5.41) is 0. The highest BCUT2D eigenvalue weighted by atomic mass is 32.1. The highest BCUT2D eigenvalue weighted by Crippen LogP contribution is 2.05. The maximum atomic E-state index is 5.88. The van der Waals surface area contributed by atoms with Crippen molar-refractivity contribution in [2.45, 2.75) is 25.3 Å². The molecule has 1 atom stereocenters. The molecule has 0 saturated heterocycles. The van der Waals surface area contributed by atoms with E-state index >= 15 is 0 Å². The first kappa shape index (κ1) is 10.6. The van der Waals surface area contributed by atoms with Crippen molar-refractivity contribution in [2.75, 3.05) is 5.75 Å². The molecule has 1 nitrogen and oxygen atoms in total. The quantitative estimate of drug-likeness (QED) is 0.693.